The minimum absolute atomic E-state index is 0.0146. The molecule has 7 heteroatoms. The highest BCUT2D eigenvalue weighted by Crippen LogP contribution is 2.37. The Morgan fingerprint density at radius 2 is 1.94 bits per heavy atom. The molecule has 5 nitrogen and oxygen atoms in total. The Bertz CT molecular complexity index is 375. The van der Waals surface area contributed by atoms with Crippen molar-refractivity contribution in [2.45, 2.75) is 13.3 Å². The van der Waals surface area contributed by atoms with Crippen molar-refractivity contribution < 1.29 is 18.4 Å². The Labute approximate surface area is 99.6 Å². The van der Waals surface area contributed by atoms with Crippen LogP contribution >= 0.6 is 0 Å². The molecule has 0 bridgehead atoms. The van der Waals surface area contributed by atoms with Crippen LogP contribution in [0.2, 0.25) is 0 Å². The van der Waals surface area contributed by atoms with Crippen molar-refractivity contribution in [3.63, 3.8) is 0 Å². The van der Waals surface area contributed by atoms with Crippen LogP contribution in [-0.2, 0) is 14.0 Å². The smallest absolute Gasteiger partial charge is 0.498 e. The van der Waals surface area contributed by atoms with Gasteiger partial charge in [-0.3, -0.25) is 4.32 Å². The van der Waals surface area contributed by atoms with Crippen molar-refractivity contribution in [3.8, 4) is 12.1 Å². The molecule has 0 aromatic carbocycles. The molecule has 0 atom stereocenters. The third-order valence-electron chi connectivity index (χ3n) is 2.79. The summed E-state index contributed by atoms with van der Waals surface area (Å²) in [6.07, 6.45) is 0.510. The van der Waals surface area contributed by atoms with E-state index in [1.165, 1.54) is 7.11 Å². The predicted molar refractivity (Wildman–Crippen MR) is 56.8 cm³/mol. The van der Waals surface area contributed by atoms with E-state index in [4.69, 9.17) is 24.6 Å². The number of ether oxygens (including phenoxy) is 1. The van der Waals surface area contributed by atoms with E-state index in [0.29, 0.717) is 6.42 Å². The fourth-order valence-electron chi connectivity index (χ4n) is 1.75. The van der Waals surface area contributed by atoms with Crippen molar-refractivity contribution in [2.24, 2.45) is 5.41 Å². The number of allylic oxidation sites excluding steroid dienone is 1. The molecule has 0 spiro atoms. The van der Waals surface area contributed by atoms with Crippen LogP contribution in [0.1, 0.15) is 13.3 Å². The maximum absolute atomic E-state index is 12.8. The van der Waals surface area contributed by atoms with Gasteiger partial charge >= 0.3 is 7.40 Å². The lowest BCUT2D eigenvalue weighted by molar-refractivity contribution is -0.0202. The summed E-state index contributed by atoms with van der Waals surface area (Å²) in [5.41, 5.74) is -0.920. The highest BCUT2D eigenvalue weighted by Gasteiger charge is 2.44. The van der Waals surface area contributed by atoms with Crippen LogP contribution in [0.15, 0.2) is 11.3 Å². The highest BCUT2D eigenvalue weighted by atomic mass is 19.1. The largest absolute Gasteiger partial charge is 0.680 e. The monoisotopic (exact) mass is 238 g/mol. The lowest BCUT2D eigenvalue weighted by Crippen LogP contribution is -2.44. The van der Waals surface area contributed by atoms with E-state index in [1.54, 1.807) is 12.1 Å². The van der Waals surface area contributed by atoms with Crippen LogP contribution < -0.4 is 0 Å². The molecule has 0 unspecified atom stereocenters. The molecule has 0 radical (unpaired) electrons. The maximum atomic E-state index is 12.8. The lowest BCUT2D eigenvalue weighted by Gasteiger charge is -2.37. The van der Waals surface area contributed by atoms with Gasteiger partial charge in [-0.1, -0.05) is 6.92 Å². The maximum Gasteiger partial charge on any atom is 0.680 e. The van der Waals surface area contributed by atoms with E-state index in [9.17, 15) is 4.32 Å². The molecule has 1 saturated heterocycles. The van der Waals surface area contributed by atoms with E-state index < -0.39 is 12.8 Å². The van der Waals surface area contributed by atoms with E-state index in [-0.39, 0.29) is 24.5 Å². The third-order valence-corrected chi connectivity index (χ3v) is 2.79. The first kappa shape index (κ1) is 13.5. The summed E-state index contributed by atoms with van der Waals surface area (Å²) in [5, 5.41) is 17.7. The molecule has 1 fully saturated rings. The van der Waals surface area contributed by atoms with Gasteiger partial charge in [0.2, 0.25) is 0 Å². The van der Waals surface area contributed by atoms with Gasteiger partial charge in [0.05, 0.1) is 12.5 Å². The van der Waals surface area contributed by atoms with Gasteiger partial charge in [-0.05, 0) is 6.42 Å². The third kappa shape index (κ3) is 2.58. The zero-order chi connectivity index (χ0) is 12.9. The summed E-state index contributed by atoms with van der Waals surface area (Å²) in [7, 11) is -0.399. The molecule has 0 saturated carbocycles. The number of halogens is 1. The number of hydrogen-bond acceptors (Lipinski definition) is 5. The van der Waals surface area contributed by atoms with Gasteiger partial charge in [0.25, 0.3) is 0 Å². The van der Waals surface area contributed by atoms with Crippen molar-refractivity contribution in [1.29, 1.82) is 10.5 Å². The van der Waals surface area contributed by atoms with E-state index >= 15 is 0 Å². The zero-order valence-corrected chi connectivity index (χ0v) is 9.70. The number of nitrogens with zero attached hydrogens (tertiary/aromatic N) is 2. The molecule has 1 aliphatic rings. The Morgan fingerprint density at radius 1 is 1.41 bits per heavy atom. The zero-order valence-electron chi connectivity index (χ0n) is 9.70. The van der Waals surface area contributed by atoms with Crippen LogP contribution in [0.3, 0.4) is 0 Å². The molecule has 1 rings (SSSR count). The van der Waals surface area contributed by atoms with Crippen LogP contribution in [-0.4, -0.2) is 27.7 Å². The van der Waals surface area contributed by atoms with Gasteiger partial charge in [0, 0.05) is 13.2 Å². The molecule has 1 heterocycles. The molecule has 0 N–H and O–H groups in total. The molecule has 1 aliphatic heterocycles. The average Bonchev–Trinajstić information content (AvgIpc) is 2.37. The summed E-state index contributed by atoms with van der Waals surface area (Å²) in [6, 6.07) is 3.52. The van der Waals surface area contributed by atoms with E-state index in [0.717, 1.165) is 0 Å². The van der Waals surface area contributed by atoms with E-state index in [1.807, 2.05) is 6.92 Å². The minimum atomic E-state index is -1.76. The number of rotatable bonds is 3. The molecular weight excluding hydrogens is 226 g/mol. The minimum Gasteiger partial charge on any atom is -0.498 e. The summed E-state index contributed by atoms with van der Waals surface area (Å²) in [6.45, 7) is 1.86. The molecule has 0 aliphatic carbocycles. The van der Waals surface area contributed by atoms with Crippen LogP contribution in [0.5, 0.6) is 0 Å². The van der Waals surface area contributed by atoms with Crippen molar-refractivity contribution >= 4 is 7.40 Å². The first-order chi connectivity index (χ1) is 8.13. The fourth-order valence-corrected chi connectivity index (χ4v) is 1.75. The molecular formula is C10H12BFN2O3. The van der Waals surface area contributed by atoms with Gasteiger partial charge in [-0.2, -0.15) is 10.5 Å². The summed E-state index contributed by atoms with van der Waals surface area (Å²) in [5.74, 6) is 0.192. The molecule has 90 valence electrons. The van der Waals surface area contributed by atoms with Crippen molar-refractivity contribution in [1.82, 2.24) is 0 Å². The van der Waals surface area contributed by atoms with Crippen LogP contribution in [0, 0.1) is 28.1 Å². The molecule has 0 amide bonds. The standard InChI is InChI=1S/C10H12BFN2O3/c1-3-10(6-16-11(12)17-7-10)9(15-2)8(4-13)5-14/h3,6-7H2,1-2H3. The summed E-state index contributed by atoms with van der Waals surface area (Å²) in [4.78, 5) is 0. The normalized spacial score (nSPS) is 17.8. The predicted octanol–water partition coefficient (Wildman–Crippen LogP) is 1.33. The molecule has 0 aromatic heterocycles. The molecule has 17 heavy (non-hydrogen) atoms. The van der Waals surface area contributed by atoms with Gasteiger partial charge in [0.15, 0.2) is 5.57 Å². The molecule has 0 aromatic rings. The van der Waals surface area contributed by atoms with Crippen molar-refractivity contribution in [2.75, 3.05) is 20.3 Å². The second-order valence-electron chi connectivity index (χ2n) is 3.66. The number of hydrogen-bond donors (Lipinski definition) is 0. The van der Waals surface area contributed by atoms with E-state index in [2.05, 4.69) is 0 Å². The van der Waals surface area contributed by atoms with Crippen molar-refractivity contribution in [3.05, 3.63) is 11.3 Å². The van der Waals surface area contributed by atoms with Crippen LogP contribution in [0.25, 0.3) is 0 Å². The number of methoxy groups -OCH3 is 1. The highest BCUT2D eigenvalue weighted by molar-refractivity contribution is 6.35. The average molecular weight is 238 g/mol. The Hall–Kier alpha value is -1.57. The van der Waals surface area contributed by atoms with Gasteiger partial charge in [-0.25, -0.2) is 0 Å². The Morgan fingerprint density at radius 3 is 2.29 bits per heavy atom. The Balaban J connectivity index is 3.13. The Kier molecular flexibility index (Phi) is 4.50. The first-order valence-electron chi connectivity index (χ1n) is 5.09. The van der Waals surface area contributed by atoms with Gasteiger partial charge in [0.1, 0.15) is 17.9 Å². The van der Waals surface area contributed by atoms with Gasteiger partial charge < -0.3 is 14.0 Å². The summed E-state index contributed by atoms with van der Waals surface area (Å²) >= 11 is 0. The first-order valence-corrected chi connectivity index (χ1v) is 5.09. The second kappa shape index (κ2) is 5.67. The van der Waals surface area contributed by atoms with Crippen LogP contribution in [0.4, 0.5) is 4.32 Å². The SMILES string of the molecule is CCC1(C(OC)=C(C#N)C#N)COB(F)OC1. The fraction of sp³-hybridized carbons (Fsp3) is 0.600. The quantitative estimate of drug-likeness (QED) is 0.421. The van der Waals surface area contributed by atoms with Gasteiger partial charge in [-0.15, -0.1) is 0 Å². The topological polar surface area (TPSA) is 75.3 Å². The summed E-state index contributed by atoms with van der Waals surface area (Å²) < 4.78 is 27.4. The lowest BCUT2D eigenvalue weighted by atomic mass is 9.81. The second-order valence-corrected chi connectivity index (χ2v) is 3.66. The number of nitriles is 2.